The normalized spacial score (nSPS) is 10.9. The number of nitrogens with zero attached hydrogens (tertiary/aromatic N) is 1. The highest BCUT2D eigenvalue weighted by atomic mass is 16.5. The van der Waals surface area contributed by atoms with Gasteiger partial charge in [-0.15, -0.1) is 0 Å². The standard InChI is InChI=1S/C22H26N2O4/c1-5-24(15-16-10-7-6-8-11-16)21(27)22(2,3)20(26)23-18-13-9-12-17(14-18)19(25)28-4/h6-14H,5,15H2,1-4H3,(H,23,26). The number of hydrogen-bond donors (Lipinski definition) is 1. The van der Waals surface area contributed by atoms with Gasteiger partial charge in [0.05, 0.1) is 12.7 Å². The van der Waals surface area contributed by atoms with E-state index >= 15 is 0 Å². The Bertz CT molecular complexity index is 847. The van der Waals surface area contributed by atoms with E-state index in [2.05, 4.69) is 5.32 Å². The van der Waals surface area contributed by atoms with Crippen molar-refractivity contribution in [3.05, 3.63) is 65.7 Å². The molecule has 0 spiro atoms. The van der Waals surface area contributed by atoms with Crippen LogP contribution in [0.1, 0.15) is 36.7 Å². The van der Waals surface area contributed by atoms with Crippen LogP contribution in [0.4, 0.5) is 5.69 Å². The maximum absolute atomic E-state index is 13.0. The molecular weight excluding hydrogens is 356 g/mol. The van der Waals surface area contributed by atoms with E-state index in [0.29, 0.717) is 24.3 Å². The molecule has 0 saturated carbocycles. The lowest BCUT2D eigenvalue weighted by molar-refractivity contribution is -0.146. The van der Waals surface area contributed by atoms with Gasteiger partial charge in [0.1, 0.15) is 5.41 Å². The number of esters is 1. The molecule has 0 atom stereocenters. The van der Waals surface area contributed by atoms with Gasteiger partial charge in [-0.1, -0.05) is 36.4 Å². The predicted molar refractivity (Wildman–Crippen MR) is 108 cm³/mol. The Morgan fingerprint density at radius 2 is 1.71 bits per heavy atom. The Kier molecular flexibility index (Phi) is 6.93. The van der Waals surface area contributed by atoms with Gasteiger partial charge in [0, 0.05) is 18.8 Å². The molecule has 6 heteroatoms. The molecule has 28 heavy (non-hydrogen) atoms. The number of benzene rings is 2. The zero-order valence-electron chi connectivity index (χ0n) is 16.7. The Hall–Kier alpha value is -3.15. The minimum atomic E-state index is -1.27. The molecule has 148 valence electrons. The molecule has 0 aliphatic rings. The molecule has 0 heterocycles. The second kappa shape index (κ2) is 9.17. The van der Waals surface area contributed by atoms with Crippen LogP contribution in [0.3, 0.4) is 0 Å². The fraction of sp³-hybridized carbons (Fsp3) is 0.318. The smallest absolute Gasteiger partial charge is 0.337 e. The molecule has 2 amide bonds. The van der Waals surface area contributed by atoms with Crippen LogP contribution in [0.2, 0.25) is 0 Å². The largest absolute Gasteiger partial charge is 0.465 e. The molecule has 2 aromatic rings. The van der Waals surface area contributed by atoms with Crippen molar-refractivity contribution >= 4 is 23.5 Å². The van der Waals surface area contributed by atoms with Gasteiger partial charge >= 0.3 is 5.97 Å². The topological polar surface area (TPSA) is 75.7 Å². The first-order valence-electron chi connectivity index (χ1n) is 9.12. The minimum absolute atomic E-state index is 0.263. The Balaban J connectivity index is 2.14. The lowest BCUT2D eigenvalue weighted by Gasteiger charge is -2.30. The van der Waals surface area contributed by atoms with Crippen LogP contribution in [0.15, 0.2) is 54.6 Å². The Morgan fingerprint density at radius 3 is 2.32 bits per heavy atom. The van der Waals surface area contributed by atoms with Gasteiger partial charge in [-0.25, -0.2) is 4.79 Å². The average molecular weight is 382 g/mol. The summed E-state index contributed by atoms with van der Waals surface area (Å²) < 4.78 is 4.69. The molecule has 0 fully saturated rings. The number of hydrogen-bond acceptors (Lipinski definition) is 4. The number of carbonyl (C=O) groups is 3. The molecule has 0 aliphatic carbocycles. The second-order valence-corrected chi connectivity index (χ2v) is 6.96. The molecule has 0 aliphatic heterocycles. The first kappa shape index (κ1) is 21.2. The fourth-order valence-corrected chi connectivity index (χ4v) is 2.75. The molecule has 0 radical (unpaired) electrons. The third kappa shape index (κ3) is 4.97. The molecule has 2 rings (SSSR count). The summed E-state index contributed by atoms with van der Waals surface area (Å²) in [5, 5.41) is 2.73. The summed E-state index contributed by atoms with van der Waals surface area (Å²) in [6, 6.07) is 16.1. The van der Waals surface area contributed by atoms with Gasteiger partial charge in [-0.3, -0.25) is 9.59 Å². The summed E-state index contributed by atoms with van der Waals surface area (Å²) in [6.45, 7) is 6.01. The zero-order chi connectivity index (χ0) is 20.7. The lowest BCUT2D eigenvalue weighted by Crippen LogP contribution is -2.47. The number of rotatable bonds is 7. The van der Waals surface area contributed by atoms with E-state index < -0.39 is 17.3 Å². The maximum Gasteiger partial charge on any atom is 0.337 e. The van der Waals surface area contributed by atoms with Gasteiger partial charge in [0.2, 0.25) is 11.8 Å². The van der Waals surface area contributed by atoms with Crippen LogP contribution in [0.25, 0.3) is 0 Å². The van der Waals surface area contributed by atoms with Gasteiger partial charge in [-0.05, 0) is 44.5 Å². The van der Waals surface area contributed by atoms with E-state index in [-0.39, 0.29) is 5.91 Å². The van der Waals surface area contributed by atoms with Crippen molar-refractivity contribution in [1.29, 1.82) is 0 Å². The number of methoxy groups -OCH3 is 1. The van der Waals surface area contributed by atoms with Crippen molar-refractivity contribution in [2.24, 2.45) is 5.41 Å². The van der Waals surface area contributed by atoms with E-state index in [0.717, 1.165) is 5.56 Å². The van der Waals surface area contributed by atoms with Gasteiger partial charge in [0.25, 0.3) is 0 Å². The van der Waals surface area contributed by atoms with Crippen molar-refractivity contribution in [2.75, 3.05) is 19.0 Å². The van der Waals surface area contributed by atoms with Crippen LogP contribution >= 0.6 is 0 Å². The highest BCUT2D eigenvalue weighted by Crippen LogP contribution is 2.23. The molecule has 0 aromatic heterocycles. The quantitative estimate of drug-likeness (QED) is 0.588. The SMILES string of the molecule is CCN(Cc1ccccc1)C(=O)C(C)(C)C(=O)Nc1cccc(C(=O)OC)c1. The fourth-order valence-electron chi connectivity index (χ4n) is 2.75. The molecule has 0 bridgehead atoms. The van der Waals surface area contributed by atoms with Crippen molar-refractivity contribution < 1.29 is 19.1 Å². The van der Waals surface area contributed by atoms with Gasteiger partial charge in [0.15, 0.2) is 0 Å². The van der Waals surface area contributed by atoms with Crippen molar-refractivity contribution in [3.8, 4) is 0 Å². The minimum Gasteiger partial charge on any atom is -0.465 e. The summed E-state index contributed by atoms with van der Waals surface area (Å²) in [6.07, 6.45) is 0. The summed E-state index contributed by atoms with van der Waals surface area (Å²) in [4.78, 5) is 39.2. The number of amides is 2. The first-order valence-corrected chi connectivity index (χ1v) is 9.12. The van der Waals surface area contributed by atoms with Crippen LogP contribution in [0.5, 0.6) is 0 Å². The molecule has 6 nitrogen and oxygen atoms in total. The van der Waals surface area contributed by atoms with Crippen molar-refractivity contribution in [1.82, 2.24) is 4.90 Å². The summed E-state index contributed by atoms with van der Waals surface area (Å²) in [5.74, 6) is -1.20. The molecule has 0 saturated heterocycles. The molecule has 2 aromatic carbocycles. The lowest BCUT2D eigenvalue weighted by atomic mass is 9.89. The number of carbonyl (C=O) groups excluding carboxylic acids is 3. The zero-order valence-corrected chi connectivity index (χ0v) is 16.7. The van der Waals surface area contributed by atoms with E-state index in [1.807, 2.05) is 37.3 Å². The molecule has 0 unspecified atom stereocenters. The third-order valence-corrected chi connectivity index (χ3v) is 4.53. The molecule has 1 N–H and O–H groups in total. The predicted octanol–water partition coefficient (Wildman–Crippen LogP) is 3.49. The summed E-state index contributed by atoms with van der Waals surface area (Å²) in [5.41, 5.74) is 0.481. The highest BCUT2D eigenvalue weighted by Gasteiger charge is 2.39. The monoisotopic (exact) mass is 382 g/mol. The van der Waals surface area contributed by atoms with Crippen LogP contribution in [-0.2, 0) is 20.9 Å². The second-order valence-electron chi connectivity index (χ2n) is 6.96. The third-order valence-electron chi connectivity index (χ3n) is 4.53. The van der Waals surface area contributed by atoms with E-state index in [1.165, 1.54) is 13.2 Å². The summed E-state index contributed by atoms with van der Waals surface area (Å²) >= 11 is 0. The van der Waals surface area contributed by atoms with Gasteiger partial charge in [-0.2, -0.15) is 0 Å². The highest BCUT2D eigenvalue weighted by molar-refractivity contribution is 6.10. The van der Waals surface area contributed by atoms with E-state index in [1.54, 1.807) is 36.9 Å². The van der Waals surface area contributed by atoms with Gasteiger partial charge < -0.3 is 15.0 Å². The van der Waals surface area contributed by atoms with Crippen LogP contribution in [0, 0.1) is 5.41 Å². The van der Waals surface area contributed by atoms with Crippen LogP contribution < -0.4 is 5.32 Å². The first-order chi connectivity index (χ1) is 13.3. The number of nitrogens with one attached hydrogen (secondary N) is 1. The number of ether oxygens (including phenoxy) is 1. The molecular formula is C22H26N2O4. The Morgan fingerprint density at radius 1 is 1.04 bits per heavy atom. The van der Waals surface area contributed by atoms with E-state index in [9.17, 15) is 14.4 Å². The summed E-state index contributed by atoms with van der Waals surface area (Å²) in [7, 11) is 1.29. The maximum atomic E-state index is 13.0. The average Bonchev–Trinajstić information content (AvgIpc) is 2.71. The van der Waals surface area contributed by atoms with Crippen LogP contribution in [-0.4, -0.2) is 36.3 Å². The van der Waals surface area contributed by atoms with Crippen molar-refractivity contribution in [2.45, 2.75) is 27.3 Å². The number of anilines is 1. The van der Waals surface area contributed by atoms with Crippen molar-refractivity contribution in [3.63, 3.8) is 0 Å². The van der Waals surface area contributed by atoms with E-state index in [4.69, 9.17) is 4.74 Å². The Labute approximate surface area is 165 Å².